The van der Waals surface area contributed by atoms with Gasteiger partial charge in [0.2, 0.25) is 0 Å². The number of rotatable bonds is 3. The highest BCUT2D eigenvalue weighted by atomic mass is 16.8. The summed E-state index contributed by atoms with van der Waals surface area (Å²) < 4.78 is 16.2. The lowest BCUT2D eigenvalue weighted by Crippen LogP contribution is -2.31. The molecular weight excluding hydrogens is 156 g/mol. The van der Waals surface area contributed by atoms with Crippen molar-refractivity contribution >= 4 is 0 Å². The van der Waals surface area contributed by atoms with E-state index in [1.807, 2.05) is 13.8 Å². The smallest absolute Gasteiger partial charge is 0.163 e. The van der Waals surface area contributed by atoms with Crippen LogP contribution in [0.1, 0.15) is 27.2 Å². The summed E-state index contributed by atoms with van der Waals surface area (Å²) in [6, 6.07) is 0. The van der Waals surface area contributed by atoms with Gasteiger partial charge in [-0.25, -0.2) is 0 Å². The highest BCUT2D eigenvalue weighted by molar-refractivity contribution is 4.83. The second kappa shape index (κ2) is 3.32. The highest BCUT2D eigenvalue weighted by Crippen LogP contribution is 2.32. The Balaban J connectivity index is 2.41. The van der Waals surface area contributed by atoms with E-state index in [-0.39, 0.29) is 5.60 Å². The minimum atomic E-state index is -0.428. The number of hydrogen-bond donors (Lipinski definition) is 0. The maximum Gasteiger partial charge on any atom is 0.163 e. The molecule has 1 aliphatic rings. The van der Waals surface area contributed by atoms with Crippen molar-refractivity contribution in [2.45, 2.75) is 38.6 Å². The van der Waals surface area contributed by atoms with Crippen molar-refractivity contribution in [1.82, 2.24) is 0 Å². The average molecular weight is 174 g/mol. The summed E-state index contributed by atoms with van der Waals surface area (Å²) in [7, 11) is 1.70. The zero-order valence-electron chi connectivity index (χ0n) is 8.35. The first-order chi connectivity index (χ1) is 5.47. The summed E-state index contributed by atoms with van der Waals surface area (Å²) in [4.78, 5) is 0. The molecule has 0 aromatic rings. The minimum absolute atomic E-state index is 0.167. The zero-order valence-corrected chi connectivity index (χ0v) is 8.35. The molecule has 3 heteroatoms. The molecule has 1 aliphatic heterocycles. The molecule has 0 bridgehead atoms. The van der Waals surface area contributed by atoms with E-state index in [0.717, 1.165) is 13.0 Å². The topological polar surface area (TPSA) is 27.7 Å². The fourth-order valence-corrected chi connectivity index (χ4v) is 1.42. The second-order valence-electron chi connectivity index (χ2n) is 3.98. The summed E-state index contributed by atoms with van der Waals surface area (Å²) >= 11 is 0. The number of ether oxygens (including phenoxy) is 3. The average Bonchev–Trinajstić information content (AvgIpc) is 2.23. The van der Waals surface area contributed by atoms with E-state index in [2.05, 4.69) is 6.92 Å². The predicted molar refractivity (Wildman–Crippen MR) is 46.0 cm³/mol. The molecule has 0 aliphatic carbocycles. The molecule has 0 aromatic carbocycles. The Kier molecular flexibility index (Phi) is 2.76. The van der Waals surface area contributed by atoms with Gasteiger partial charge in [0.25, 0.3) is 0 Å². The van der Waals surface area contributed by atoms with Crippen LogP contribution in [0.2, 0.25) is 0 Å². The molecule has 0 aromatic heterocycles. The van der Waals surface area contributed by atoms with E-state index < -0.39 is 5.79 Å². The number of methoxy groups -OCH3 is 1. The third kappa shape index (κ3) is 2.44. The molecule has 1 heterocycles. The molecule has 12 heavy (non-hydrogen) atoms. The van der Waals surface area contributed by atoms with Crippen LogP contribution in [0.3, 0.4) is 0 Å². The lowest BCUT2D eigenvalue weighted by molar-refractivity contribution is -0.160. The first kappa shape index (κ1) is 9.96. The molecule has 1 saturated heterocycles. The van der Waals surface area contributed by atoms with Crippen molar-refractivity contribution in [3.05, 3.63) is 0 Å². The van der Waals surface area contributed by atoms with Crippen LogP contribution < -0.4 is 0 Å². The van der Waals surface area contributed by atoms with Crippen LogP contribution in [0, 0.1) is 0 Å². The van der Waals surface area contributed by atoms with Crippen molar-refractivity contribution in [3.63, 3.8) is 0 Å². The van der Waals surface area contributed by atoms with E-state index in [1.165, 1.54) is 0 Å². The summed E-state index contributed by atoms with van der Waals surface area (Å²) in [6.45, 7) is 7.30. The molecule has 0 amide bonds. The van der Waals surface area contributed by atoms with Gasteiger partial charge in [0.1, 0.15) is 0 Å². The molecule has 1 unspecified atom stereocenters. The van der Waals surface area contributed by atoms with Crippen molar-refractivity contribution in [3.8, 4) is 0 Å². The van der Waals surface area contributed by atoms with Crippen LogP contribution in [0.4, 0.5) is 0 Å². The SMILES string of the molecule is COCCC1(C)COC(C)(C)O1. The van der Waals surface area contributed by atoms with E-state index in [0.29, 0.717) is 6.61 Å². The Bertz CT molecular complexity index is 156. The molecule has 1 atom stereocenters. The molecule has 0 saturated carbocycles. The van der Waals surface area contributed by atoms with Crippen LogP contribution in [0.15, 0.2) is 0 Å². The fourth-order valence-electron chi connectivity index (χ4n) is 1.42. The van der Waals surface area contributed by atoms with Crippen molar-refractivity contribution in [2.75, 3.05) is 20.3 Å². The maximum absolute atomic E-state index is 5.74. The van der Waals surface area contributed by atoms with Crippen molar-refractivity contribution in [1.29, 1.82) is 0 Å². The minimum Gasteiger partial charge on any atom is -0.385 e. The summed E-state index contributed by atoms with van der Waals surface area (Å²) in [5.74, 6) is -0.428. The lowest BCUT2D eigenvalue weighted by Gasteiger charge is -2.24. The largest absolute Gasteiger partial charge is 0.385 e. The van der Waals surface area contributed by atoms with E-state index in [9.17, 15) is 0 Å². The van der Waals surface area contributed by atoms with Crippen LogP contribution in [-0.4, -0.2) is 31.7 Å². The van der Waals surface area contributed by atoms with Crippen LogP contribution in [-0.2, 0) is 14.2 Å². The third-order valence-corrected chi connectivity index (χ3v) is 2.05. The molecular formula is C9H18O3. The van der Waals surface area contributed by atoms with Gasteiger partial charge in [-0.3, -0.25) is 0 Å². The van der Waals surface area contributed by atoms with Crippen LogP contribution >= 0.6 is 0 Å². The Morgan fingerprint density at radius 2 is 2.00 bits per heavy atom. The van der Waals surface area contributed by atoms with Gasteiger partial charge in [0, 0.05) is 20.1 Å². The maximum atomic E-state index is 5.74. The molecule has 0 spiro atoms. The Morgan fingerprint density at radius 3 is 2.42 bits per heavy atom. The molecule has 0 radical (unpaired) electrons. The standard InChI is InChI=1S/C9H18O3/c1-8(2)11-7-9(3,12-8)5-6-10-4/h5-7H2,1-4H3. The van der Waals surface area contributed by atoms with Gasteiger partial charge in [0.15, 0.2) is 5.79 Å². The Hall–Kier alpha value is -0.120. The van der Waals surface area contributed by atoms with E-state index in [4.69, 9.17) is 14.2 Å². The van der Waals surface area contributed by atoms with Gasteiger partial charge < -0.3 is 14.2 Å². The number of hydrogen-bond acceptors (Lipinski definition) is 3. The molecule has 72 valence electrons. The predicted octanol–water partition coefficient (Wildman–Crippen LogP) is 1.56. The second-order valence-corrected chi connectivity index (χ2v) is 3.98. The van der Waals surface area contributed by atoms with Gasteiger partial charge in [-0.15, -0.1) is 0 Å². The Morgan fingerprint density at radius 1 is 1.33 bits per heavy atom. The third-order valence-electron chi connectivity index (χ3n) is 2.05. The van der Waals surface area contributed by atoms with Gasteiger partial charge in [0.05, 0.1) is 12.2 Å². The summed E-state index contributed by atoms with van der Waals surface area (Å²) in [6.07, 6.45) is 0.882. The van der Waals surface area contributed by atoms with Crippen molar-refractivity contribution in [2.24, 2.45) is 0 Å². The van der Waals surface area contributed by atoms with E-state index in [1.54, 1.807) is 7.11 Å². The van der Waals surface area contributed by atoms with Crippen LogP contribution in [0.25, 0.3) is 0 Å². The normalized spacial score (nSPS) is 34.0. The highest BCUT2D eigenvalue weighted by Gasteiger charge is 2.41. The van der Waals surface area contributed by atoms with Crippen LogP contribution in [0.5, 0.6) is 0 Å². The molecule has 1 rings (SSSR count). The quantitative estimate of drug-likeness (QED) is 0.650. The van der Waals surface area contributed by atoms with Gasteiger partial charge in [-0.05, 0) is 20.8 Å². The fraction of sp³-hybridized carbons (Fsp3) is 1.00. The molecule has 3 nitrogen and oxygen atoms in total. The molecule has 1 fully saturated rings. The first-order valence-corrected chi connectivity index (χ1v) is 4.31. The molecule has 0 N–H and O–H groups in total. The van der Waals surface area contributed by atoms with E-state index >= 15 is 0 Å². The van der Waals surface area contributed by atoms with Crippen molar-refractivity contribution < 1.29 is 14.2 Å². The zero-order chi connectivity index (χ0) is 9.24. The summed E-state index contributed by atoms with van der Waals surface area (Å²) in [5, 5.41) is 0. The van der Waals surface area contributed by atoms with Gasteiger partial charge in [-0.2, -0.15) is 0 Å². The lowest BCUT2D eigenvalue weighted by atomic mass is 10.1. The van der Waals surface area contributed by atoms with Gasteiger partial charge in [-0.1, -0.05) is 0 Å². The Labute approximate surface area is 74.0 Å². The van der Waals surface area contributed by atoms with Gasteiger partial charge >= 0.3 is 0 Å². The first-order valence-electron chi connectivity index (χ1n) is 4.31. The summed E-state index contributed by atoms with van der Waals surface area (Å²) in [5.41, 5.74) is -0.167. The monoisotopic (exact) mass is 174 g/mol.